The molecule has 0 bridgehead atoms. The Balaban J connectivity index is 1.45. The number of ether oxygens (including phenoxy) is 1. The minimum atomic E-state index is -0.409. The summed E-state index contributed by atoms with van der Waals surface area (Å²) < 4.78 is 5.09. The summed E-state index contributed by atoms with van der Waals surface area (Å²) in [5.74, 6) is 1.49. The highest BCUT2D eigenvalue weighted by molar-refractivity contribution is 5.95. The molecule has 0 N–H and O–H groups in total. The molecule has 2 aromatic carbocycles. The Kier molecular flexibility index (Phi) is 5.93. The molecule has 31 heavy (non-hydrogen) atoms. The normalized spacial score (nSPS) is 13.7. The van der Waals surface area contributed by atoms with Crippen LogP contribution in [0.5, 0.6) is 5.75 Å². The maximum atomic E-state index is 12.9. The lowest BCUT2D eigenvalue weighted by molar-refractivity contribution is -0.131. The molecule has 3 aromatic rings. The average Bonchev–Trinajstić information content (AvgIpc) is 2.78. The van der Waals surface area contributed by atoms with E-state index in [2.05, 4.69) is 14.9 Å². The zero-order valence-electron chi connectivity index (χ0n) is 17.6. The molecule has 1 aromatic heterocycles. The van der Waals surface area contributed by atoms with Crippen LogP contribution in [-0.2, 0) is 4.79 Å². The first-order valence-corrected chi connectivity index (χ1v) is 10.2. The molecule has 0 spiro atoms. The zero-order chi connectivity index (χ0) is 21.8. The van der Waals surface area contributed by atoms with Crippen molar-refractivity contribution in [3.8, 4) is 17.0 Å². The molecular weight excluding hydrogens is 392 g/mol. The van der Waals surface area contributed by atoms with Crippen LogP contribution in [0.1, 0.15) is 23.1 Å². The highest BCUT2D eigenvalue weighted by atomic mass is 16.5. The van der Waals surface area contributed by atoms with Crippen molar-refractivity contribution < 1.29 is 14.3 Å². The number of rotatable bonds is 4. The molecule has 4 rings (SSSR count). The van der Waals surface area contributed by atoms with Crippen LogP contribution >= 0.6 is 0 Å². The fourth-order valence-electron chi connectivity index (χ4n) is 3.65. The topological polar surface area (TPSA) is 75.6 Å². The number of piperazine rings is 1. The number of carbonyl (C=O) groups excluding carboxylic acids is 2. The number of hydrogen-bond donors (Lipinski definition) is 0. The van der Waals surface area contributed by atoms with Gasteiger partial charge in [0.25, 0.3) is 5.91 Å². The summed E-state index contributed by atoms with van der Waals surface area (Å²) >= 11 is 0. The molecule has 2 heterocycles. The first kappa shape index (κ1) is 20.5. The van der Waals surface area contributed by atoms with E-state index in [4.69, 9.17) is 4.74 Å². The highest BCUT2D eigenvalue weighted by Crippen LogP contribution is 2.23. The minimum Gasteiger partial charge on any atom is -0.427 e. The lowest BCUT2D eigenvalue weighted by Gasteiger charge is -2.35. The SMILES string of the molecule is CC(=O)Oc1cccc(C(=O)N2CCN(c3cc(-c4ccccc4)nc(C)n3)CC2)c1. The predicted molar refractivity (Wildman–Crippen MR) is 118 cm³/mol. The Morgan fingerprint density at radius 2 is 1.65 bits per heavy atom. The maximum Gasteiger partial charge on any atom is 0.308 e. The summed E-state index contributed by atoms with van der Waals surface area (Å²) in [5, 5.41) is 0. The zero-order valence-corrected chi connectivity index (χ0v) is 17.6. The predicted octanol–water partition coefficient (Wildman–Crippen LogP) is 3.34. The molecule has 1 amide bonds. The fraction of sp³-hybridized carbons (Fsp3) is 0.250. The third-order valence-corrected chi connectivity index (χ3v) is 5.13. The van der Waals surface area contributed by atoms with Gasteiger partial charge in [-0.3, -0.25) is 9.59 Å². The molecule has 0 unspecified atom stereocenters. The lowest BCUT2D eigenvalue weighted by atomic mass is 10.1. The molecule has 0 atom stereocenters. The Morgan fingerprint density at radius 3 is 2.35 bits per heavy atom. The number of aromatic nitrogens is 2. The summed E-state index contributed by atoms with van der Waals surface area (Å²) in [4.78, 5) is 37.3. The quantitative estimate of drug-likeness (QED) is 0.480. The van der Waals surface area contributed by atoms with Gasteiger partial charge < -0.3 is 14.5 Å². The summed E-state index contributed by atoms with van der Waals surface area (Å²) in [7, 11) is 0. The number of anilines is 1. The molecule has 1 aliphatic heterocycles. The Morgan fingerprint density at radius 1 is 0.903 bits per heavy atom. The van der Waals surface area contributed by atoms with E-state index in [0.29, 0.717) is 37.5 Å². The van der Waals surface area contributed by atoms with Crippen LogP contribution < -0.4 is 9.64 Å². The van der Waals surface area contributed by atoms with Crippen molar-refractivity contribution in [1.82, 2.24) is 14.9 Å². The van der Waals surface area contributed by atoms with Crippen LogP contribution in [-0.4, -0.2) is 52.9 Å². The minimum absolute atomic E-state index is 0.0718. The summed E-state index contributed by atoms with van der Waals surface area (Å²) in [6, 6.07) is 18.8. The molecule has 158 valence electrons. The van der Waals surface area contributed by atoms with Gasteiger partial charge in [0.15, 0.2) is 0 Å². The second kappa shape index (κ2) is 8.95. The van der Waals surface area contributed by atoms with Crippen LogP contribution in [0.4, 0.5) is 5.82 Å². The van der Waals surface area contributed by atoms with Crippen LogP contribution in [0.15, 0.2) is 60.7 Å². The molecular formula is C24H24N4O3. The molecule has 7 heteroatoms. The second-order valence-electron chi connectivity index (χ2n) is 7.43. The summed E-state index contributed by atoms with van der Waals surface area (Å²) in [6.45, 7) is 5.76. The molecule has 1 aliphatic rings. The van der Waals surface area contributed by atoms with Gasteiger partial charge in [-0.05, 0) is 25.1 Å². The monoisotopic (exact) mass is 416 g/mol. The van der Waals surface area contributed by atoms with Gasteiger partial charge in [-0.1, -0.05) is 36.4 Å². The number of benzene rings is 2. The van der Waals surface area contributed by atoms with Gasteiger partial charge in [-0.25, -0.2) is 9.97 Å². The highest BCUT2D eigenvalue weighted by Gasteiger charge is 2.24. The molecule has 1 saturated heterocycles. The molecule has 0 radical (unpaired) electrons. The van der Waals surface area contributed by atoms with E-state index in [1.807, 2.05) is 48.2 Å². The van der Waals surface area contributed by atoms with Crippen molar-refractivity contribution in [1.29, 1.82) is 0 Å². The number of amides is 1. The van der Waals surface area contributed by atoms with Gasteiger partial charge in [0.1, 0.15) is 17.4 Å². The van der Waals surface area contributed by atoms with Crippen molar-refractivity contribution in [2.45, 2.75) is 13.8 Å². The second-order valence-corrected chi connectivity index (χ2v) is 7.43. The molecule has 0 aliphatic carbocycles. The third-order valence-electron chi connectivity index (χ3n) is 5.13. The van der Waals surface area contributed by atoms with Gasteiger partial charge in [0.2, 0.25) is 0 Å². The Bertz CT molecular complexity index is 1090. The smallest absolute Gasteiger partial charge is 0.308 e. The van der Waals surface area contributed by atoms with E-state index in [0.717, 1.165) is 22.9 Å². The van der Waals surface area contributed by atoms with E-state index in [1.54, 1.807) is 24.3 Å². The molecule has 1 fully saturated rings. The lowest BCUT2D eigenvalue weighted by Crippen LogP contribution is -2.49. The van der Waals surface area contributed by atoms with Crippen LogP contribution in [0.2, 0.25) is 0 Å². The van der Waals surface area contributed by atoms with E-state index >= 15 is 0 Å². The van der Waals surface area contributed by atoms with Crippen LogP contribution in [0, 0.1) is 6.92 Å². The van der Waals surface area contributed by atoms with Crippen molar-refractivity contribution in [2.75, 3.05) is 31.1 Å². The first-order chi connectivity index (χ1) is 15.0. The van der Waals surface area contributed by atoms with E-state index in [1.165, 1.54) is 6.92 Å². The van der Waals surface area contributed by atoms with Crippen molar-refractivity contribution in [3.05, 3.63) is 72.1 Å². The van der Waals surface area contributed by atoms with E-state index < -0.39 is 5.97 Å². The largest absolute Gasteiger partial charge is 0.427 e. The fourth-order valence-corrected chi connectivity index (χ4v) is 3.65. The molecule has 0 saturated carbocycles. The van der Waals surface area contributed by atoms with Crippen LogP contribution in [0.25, 0.3) is 11.3 Å². The van der Waals surface area contributed by atoms with Crippen LogP contribution in [0.3, 0.4) is 0 Å². The molecule has 7 nitrogen and oxygen atoms in total. The number of esters is 1. The first-order valence-electron chi connectivity index (χ1n) is 10.2. The Labute approximate surface area is 181 Å². The van der Waals surface area contributed by atoms with E-state index in [-0.39, 0.29) is 5.91 Å². The maximum absolute atomic E-state index is 12.9. The summed E-state index contributed by atoms with van der Waals surface area (Å²) in [6.07, 6.45) is 0. The standard InChI is InChI=1S/C24H24N4O3/c1-17-25-22(19-7-4-3-5-8-19)16-23(26-17)27-11-13-28(14-12-27)24(30)20-9-6-10-21(15-20)31-18(2)29/h3-10,15-16H,11-14H2,1-2H3. The Hall–Kier alpha value is -3.74. The number of nitrogens with zero attached hydrogens (tertiary/aromatic N) is 4. The van der Waals surface area contributed by atoms with Crippen molar-refractivity contribution in [3.63, 3.8) is 0 Å². The van der Waals surface area contributed by atoms with Crippen molar-refractivity contribution >= 4 is 17.7 Å². The number of aryl methyl sites for hydroxylation is 1. The van der Waals surface area contributed by atoms with Gasteiger partial charge in [-0.15, -0.1) is 0 Å². The van der Waals surface area contributed by atoms with Gasteiger partial charge >= 0.3 is 5.97 Å². The van der Waals surface area contributed by atoms with Gasteiger partial charge in [-0.2, -0.15) is 0 Å². The number of carbonyl (C=O) groups is 2. The third kappa shape index (κ3) is 4.88. The van der Waals surface area contributed by atoms with E-state index in [9.17, 15) is 9.59 Å². The van der Waals surface area contributed by atoms with Gasteiger partial charge in [0.05, 0.1) is 5.69 Å². The average molecular weight is 416 g/mol. The van der Waals surface area contributed by atoms with Gasteiger partial charge in [0, 0.05) is 50.3 Å². The number of hydrogen-bond acceptors (Lipinski definition) is 6. The van der Waals surface area contributed by atoms with Crippen molar-refractivity contribution in [2.24, 2.45) is 0 Å². The summed E-state index contributed by atoms with van der Waals surface area (Å²) in [5.41, 5.74) is 2.45.